The van der Waals surface area contributed by atoms with Crippen LogP contribution in [0.25, 0.3) is 28.3 Å². The summed E-state index contributed by atoms with van der Waals surface area (Å²) in [5, 5.41) is 0.245. The second kappa shape index (κ2) is 5.06. The van der Waals surface area contributed by atoms with Crippen LogP contribution < -0.4 is 5.73 Å². The predicted octanol–water partition coefficient (Wildman–Crippen LogP) is 3.16. The molecule has 0 saturated carbocycles. The third-order valence-corrected chi connectivity index (χ3v) is 3.83. The molecule has 4 rings (SSSR count). The summed E-state index contributed by atoms with van der Waals surface area (Å²) in [6.07, 6.45) is 8.21. The lowest BCUT2D eigenvalue weighted by Crippen LogP contribution is -1.97. The molecule has 0 spiro atoms. The molecule has 0 aliphatic carbocycles. The molecule has 0 bridgehead atoms. The van der Waals surface area contributed by atoms with Crippen LogP contribution in [-0.2, 0) is 0 Å². The zero-order valence-corrected chi connectivity index (χ0v) is 12.4. The van der Waals surface area contributed by atoms with Gasteiger partial charge in [0.1, 0.15) is 12.0 Å². The van der Waals surface area contributed by atoms with E-state index in [-0.39, 0.29) is 16.3 Å². The summed E-state index contributed by atoms with van der Waals surface area (Å²) < 4.78 is 16.0. The van der Waals surface area contributed by atoms with Crippen LogP contribution in [0.4, 0.5) is 10.1 Å². The molecule has 4 aromatic rings. The number of halogens is 2. The van der Waals surface area contributed by atoms with Crippen LogP contribution in [0, 0.1) is 5.82 Å². The Morgan fingerprint density at radius 2 is 2.09 bits per heavy atom. The molecule has 3 aromatic heterocycles. The van der Waals surface area contributed by atoms with Gasteiger partial charge in [-0.3, -0.25) is 4.98 Å². The van der Waals surface area contributed by atoms with Crippen LogP contribution >= 0.6 is 11.6 Å². The molecule has 6 nitrogen and oxygen atoms in total. The number of nitrogens with two attached hydrogens (primary N) is 1. The van der Waals surface area contributed by atoms with Crippen molar-refractivity contribution in [2.24, 2.45) is 0 Å². The van der Waals surface area contributed by atoms with Gasteiger partial charge in [-0.25, -0.2) is 14.4 Å². The quantitative estimate of drug-likeness (QED) is 0.553. The number of fused-ring (bicyclic) bond motifs is 1. The van der Waals surface area contributed by atoms with E-state index in [4.69, 9.17) is 17.3 Å². The number of nitrogen functional groups attached to an aromatic ring is 1. The van der Waals surface area contributed by atoms with Gasteiger partial charge in [-0.2, -0.15) is 0 Å². The van der Waals surface area contributed by atoms with Gasteiger partial charge in [-0.1, -0.05) is 11.6 Å². The fourth-order valence-corrected chi connectivity index (χ4v) is 2.65. The van der Waals surface area contributed by atoms with Crippen molar-refractivity contribution in [1.82, 2.24) is 24.3 Å². The highest BCUT2D eigenvalue weighted by Crippen LogP contribution is 2.32. The summed E-state index contributed by atoms with van der Waals surface area (Å²) in [4.78, 5) is 15.8. The Morgan fingerprint density at radius 1 is 1.22 bits per heavy atom. The first-order valence-electron chi connectivity index (χ1n) is 6.71. The van der Waals surface area contributed by atoms with Gasteiger partial charge in [-0.15, -0.1) is 0 Å². The molecule has 114 valence electrons. The largest absolute Gasteiger partial charge is 0.396 e. The fraction of sp³-hybridized carbons (Fsp3) is 0. The van der Waals surface area contributed by atoms with Crippen LogP contribution in [0.15, 0.2) is 43.2 Å². The molecule has 1 aromatic carbocycles. The summed E-state index contributed by atoms with van der Waals surface area (Å²) in [6.45, 7) is 0. The molecule has 0 saturated heterocycles. The molecule has 0 amide bonds. The molecule has 0 radical (unpaired) electrons. The highest BCUT2D eigenvalue weighted by Gasteiger charge is 2.16. The van der Waals surface area contributed by atoms with Gasteiger partial charge < -0.3 is 15.1 Å². The highest BCUT2D eigenvalue weighted by molar-refractivity contribution is 6.33. The molecule has 0 fully saturated rings. The number of nitrogens with one attached hydrogen (secondary N) is 1. The fourth-order valence-electron chi connectivity index (χ4n) is 2.41. The molecule has 0 aliphatic rings. The van der Waals surface area contributed by atoms with E-state index in [0.29, 0.717) is 17.2 Å². The minimum absolute atomic E-state index is 0.0215. The molecule has 0 unspecified atom stereocenters. The highest BCUT2D eigenvalue weighted by atomic mass is 35.5. The van der Waals surface area contributed by atoms with Crippen LogP contribution in [0.2, 0.25) is 5.02 Å². The van der Waals surface area contributed by atoms with Crippen molar-refractivity contribution in [2.45, 2.75) is 0 Å². The van der Waals surface area contributed by atoms with E-state index in [1.807, 2.05) is 0 Å². The number of aromatic nitrogens is 5. The normalized spacial score (nSPS) is 11.2. The molecular weight excluding hydrogens is 319 g/mol. The SMILES string of the molecule is Nc1ccc(Cl)c(-c2cn3cnc(-c4ncc[nH]4)c3cn2)c1F. The second-order valence-electron chi connectivity index (χ2n) is 4.92. The van der Waals surface area contributed by atoms with Gasteiger partial charge in [0.05, 0.1) is 33.7 Å². The van der Waals surface area contributed by atoms with E-state index >= 15 is 0 Å². The Bertz CT molecular complexity index is 1010. The van der Waals surface area contributed by atoms with Gasteiger partial charge in [0.25, 0.3) is 0 Å². The van der Waals surface area contributed by atoms with Crippen LogP contribution in [0.3, 0.4) is 0 Å². The number of rotatable bonds is 2. The molecular formula is C15H10ClFN6. The molecule has 3 heterocycles. The average Bonchev–Trinajstić information content (AvgIpc) is 3.19. The first-order valence-corrected chi connectivity index (χ1v) is 7.09. The van der Waals surface area contributed by atoms with E-state index in [1.54, 1.807) is 41.6 Å². The molecule has 0 atom stereocenters. The smallest absolute Gasteiger partial charge is 0.158 e. The van der Waals surface area contributed by atoms with Gasteiger partial charge >= 0.3 is 0 Å². The number of imidazole rings is 2. The maximum atomic E-state index is 14.3. The van der Waals surface area contributed by atoms with Gasteiger partial charge in [0, 0.05) is 18.6 Å². The maximum absolute atomic E-state index is 14.3. The third-order valence-electron chi connectivity index (χ3n) is 3.52. The summed E-state index contributed by atoms with van der Waals surface area (Å²) in [7, 11) is 0. The van der Waals surface area contributed by atoms with E-state index in [0.717, 1.165) is 5.52 Å². The van der Waals surface area contributed by atoms with E-state index in [1.165, 1.54) is 6.07 Å². The Hall–Kier alpha value is -2.93. The lowest BCUT2D eigenvalue weighted by atomic mass is 10.1. The minimum atomic E-state index is -0.587. The zero-order chi connectivity index (χ0) is 16.0. The summed E-state index contributed by atoms with van der Waals surface area (Å²) in [5.74, 6) is 0.0472. The molecule has 3 N–H and O–H groups in total. The zero-order valence-electron chi connectivity index (χ0n) is 11.7. The lowest BCUT2D eigenvalue weighted by molar-refractivity contribution is 0.635. The molecule has 0 aliphatic heterocycles. The van der Waals surface area contributed by atoms with Crippen molar-refractivity contribution in [3.05, 3.63) is 54.1 Å². The van der Waals surface area contributed by atoms with Crippen LogP contribution in [0.5, 0.6) is 0 Å². The molecule has 8 heteroatoms. The predicted molar refractivity (Wildman–Crippen MR) is 85.4 cm³/mol. The monoisotopic (exact) mass is 328 g/mol. The Labute approximate surface area is 134 Å². The first kappa shape index (κ1) is 13.7. The number of H-pyrrole nitrogens is 1. The van der Waals surface area contributed by atoms with Gasteiger partial charge in [0.15, 0.2) is 11.6 Å². The van der Waals surface area contributed by atoms with Crippen molar-refractivity contribution < 1.29 is 4.39 Å². The van der Waals surface area contributed by atoms with Crippen molar-refractivity contribution in [3.63, 3.8) is 0 Å². The topological polar surface area (TPSA) is 84.9 Å². The number of hydrogen-bond acceptors (Lipinski definition) is 4. The van der Waals surface area contributed by atoms with Crippen molar-refractivity contribution >= 4 is 22.8 Å². The number of anilines is 1. The van der Waals surface area contributed by atoms with Crippen molar-refractivity contribution in [1.29, 1.82) is 0 Å². The van der Waals surface area contributed by atoms with Crippen molar-refractivity contribution in [3.8, 4) is 22.8 Å². The van der Waals surface area contributed by atoms with Gasteiger partial charge in [-0.05, 0) is 12.1 Å². The van der Waals surface area contributed by atoms with E-state index < -0.39 is 5.82 Å². The average molecular weight is 329 g/mol. The molecule has 23 heavy (non-hydrogen) atoms. The number of nitrogens with zero attached hydrogens (tertiary/aromatic N) is 4. The Kier molecular flexibility index (Phi) is 3.02. The van der Waals surface area contributed by atoms with Crippen molar-refractivity contribution in [2.75, 3.05) is 5.73 Å². The minimum Gasteiger partial charge on any atom is -0.396 e. The van der Waals surface area contributed by atoms with E-state index in [9.17, 15) is 4.39 Å². The lowest BCUT2D eigenvalue weighted by Gasteiger charge is -2.08. The number of aromatic amines is 1. The van der Waals surface area contributed by atoms with Crippen LogP contribution in [0.1, 0.15) is 0 Å². The summed E-state index contributed by atoms with van der Waals surface area (Å²) >= 11 is 6.10. The Morgan fingerprint density at radius 3 is 2.87 bits per heavy atom. The maximum Gasteiger partial charge on any atom is 0.158 e. The van der Waals surface area contributed by atoms with Crippen LogP contribution in [-0.4, -0.2) is 24.3 Å². The first-order chi connectivity index (χ1) is 11.1. The standard InChI is InChI=1S/C15H10ClFN6/c16-8-1-2-9(18)13(17)12(8)10-6-23-7-22-14(11(23)5-21-10)15-19-3-4-20-15/h1-7H,18H2,(H,19,20). The third kappa shape index (κ3) is 2.13. The summed E-state index contributed by atoms with van der Waals surface area (Å²) in [5.41, 5.74) is 7.58. The second-order valence-corrected chi connectivity index (χ2v) is 5.33. The van der Waals surface area contributed by atoms with E-state index in [2.05, 4.69) is 19.9 Å². The number of benzene rings is 1. The number of hydrogen-bond donors (Lipinski definition) is 2. The van der Waals surface area contributed by atoms with Gasteiger partial charge in [0.2, 0.25) is 0 Å². The summed E-state index contributed by atoms with van der Waals surface area (Å²) in [6, 6.07) is 2.97. The Balaban J connectivity index is 1.90.